The summed E-state index contributed by atoms with van der Waals surface area (Å²) in [6.07, 6.45) is 2.80. The first-order valence-corrected chi connectivity index (χ1v) is 11.0. The van der Waals surface area contributed by atoms with Crippen LogP contribution >= 0.6 is 0 Å². The standard InChI is InChI=1S/C22H16N4O4S/c27-22(28)19-12-16-8-4-5-9-18(16)26(19)20-13-23-21-17(24-20)10-11-25(21)31(29,30)14-15-6-2-1-3-7-15/h1-13H,14H2,(H,27,28). The number of hydrogen-bond donors (Lipinski definition) is 1. The average Bonchev–Trinajstić information content (AvgIpc) is 3.36. The van der Waals surface area contributed by atoms with Crippen LogP contribution in [0.4, 0.5) is 0 Å². The molecular weight excluding hydrogens is 416 g/mol. The van der Waals surface area contributed by atoms with E-state index < -0.39 is 16.0 Å². The van der Waals surface area contributed by atoms with Gasteiger partial charge in [0.1, 0.15) is 11.2 Å². The van der Waals surface area contributed by atoms with E-state index in [-0.39, 0.29) is 17.1 Å². The molecule has 0 saturated carbocycles. The minimum atomic E-state index is -3.71. The third-order valence-corrected chi connectivity index (χ3v) is 6.59. The number of rotatable bonds is 5. The second kappa shape index (κ2) is 7.06. The number of nitrogens with zero attached hydrogens (tertiary/aromatic N) is 4. The predicted molar refractivity (Wildman–Crippen MR) is 116 cm³/mol. The Hall–Kier alpha value is -3.98. The highest BCUT2D eigenvalue weighted by Crippen LogP contribution is 2.25. The Morgan fingerprint density at radius 3 is 2.52 bits per heavy atom. The van der Waals surface area contributed by atoms with Gasteiger partial charge in [0.2, 0.25) is 10.0 Å². The fraction of sp³-hybridized carbons (Fsp3) is 0.0455. The van der Waals surface area contributed by atoms with Crippen LogP contribution in [0.5, 0.6) is 0 Å². The molecule has 0 fully saturated rings. The second-order valence-electron chi connectivity index (χ2n) is 7.02. The Balaban J connectivity index is 1.62. The van der Waals surface area contributed by atoms with Crippen molar-refractivity contribution in [2.75, 3.05) is 0 Å². The van der Waals surface area contributed by atoms with E-state index in [1.54, 1.807) is 42.5 Å². The van der Waals surface area contributed by atoms with Crippen LogP contribution < -0.4 is 0 Å². The van der Waals surface area contributed by atoms with E-state index in [9.17, 15) is 18.3 Å². The summed E-state index contributed by atoms with van der Waals surface area (Å²) in [6, 6.07) is 19.3. The highest BCUT2D eigenvalue weighted by Gasteiger charge is 2.21. The predicted octanol–water partition coefficient (Wildman–Crippen LogP) is 3.45. The molecule has 0 aliphatic heterocycles. The zero-order valence-electron chi connectivity index (χ0n) is 16.1. The van der Waals surface area contributed by atoms with Gasteiger partial charge in [-0.1, -0.05) is 48.5 Å². The van der Waals surface area contributed by atoms with E-state index >= 15 is 0 Å². The number of carboxylic acids is 1. The summed E-state index contributed by atoms with van der Waals surface area (Å²) < 4.78 is 28.5. The van der Waals surface area contributed by atoms with E-state index in [1.807, 2.05) is 24.3 Å². The molecular formula is C22H16N4O4S. The van der Waals surface area contributed by atoms with Crippen molar-refractivity contribution in [2.45, 2.75) is 5.75 Å². The molecule has 154 valence electrons. The lowest BCUT2D eigenvalue weighted by Crippen LogP contribution is -2.15. The summed E-state index contributed by atoms with van der Waals surface area (Å²) in [5, 5.41) is 10.4. The van der Waals surface area contributed by atoms with Crippen LogP contribution in [0.15, 0.2) is 79.1 Å². The van der Waals surface area contributed by atoms with Gasteiger partial charge in [-0.25, -0.2) is 27.2 Å². The molecule has 0 unspecified atom stereocenters. The van der Waals surface area contributed by atoms with Crippen LogP contribution in [0.1, 0.15) is 16.1 Å². The maximum Gasteiger partial charge on any atom is 0.352 e. The number of carbonyl (C=O) groups is 1. The number of fused-ring (bicyclic) bond motifs is 2. The molecule has 0 atom stereocenters. The number of hydrogen-bond acceptors (Lipinski definition) is 5. The number of aromatic carboxylic acids is 1. The molecule has 3 heterocycles. The first kappa shape index (κ1) is 19.0. The Morgan fingerprint density at radius 1 is 1.00 bits per heavy atom. The van der Waals surface area contributed by atoms with Crippen molar-refractivity contribution in [1.29, 1.82) is 0 Å². The van der Waals surface area contributed by atoms with Crippen molar-refractivity contribution in [1.82, 2.24) is 18.5 Å². The summed E-state index contributed by atoms with van der Waals surface area (Å²) in [7, 11) is -3.71. The SMILES string of the molecule is O=C(O)c1cc2ccccc2n1-c1cnc2c(ccn2S(=O)(=O)Cc2ccccc2)n1. The average molecular weight is 432 g/mol. The lowest BCUT2D eigenvalue weighted by molar-refractivity contribution is 0.0688. The molecule has 2 aromatic carbocycles. The Bertz CT molecular complexity index is 1550. The molecule has 5 aromatic rings. The molecule has 0 radical (unpaired) electrons. The molecule has 3 aromatic heterocycles. The van der Waals surface area contributed by atoms with Crippen LogP contribution in [0, 0.1) is 0 Å². The minimum Gasteiger partial charge on any atom is -0.477 e. The highest BCUT2D eigenvalue weighted by molar-refractivity contribution is 7.89. The zero-order chi connectivity index (χ0) is 21.6. The van der Waals surface area contributed by atoms with Crippen molar-refractivity contribution >= 4 is 38.1 Å². The van der Waals surface area contributed by atoms with Gasteiger partial charge in [0.25, 0.3) is 0 Å². The third kappa shape index (κ3) is 3.24. The van der Waals surface area contributed by atoms with E-state index in [0.717, 1.165) is 9.36 Å². The van der Waals surface area contributed by atoms with Crippen LogP contribution in [0.2, 0.25) is 0 Å². The van der Waals surface area contributed by atoms with Crippen molar-refractivity contribution < 1.29 is 18.3 Å². The van der Waals surface area contributed by atoms with E-state index in [2.05, 4.69) is 9.97 Å². The quantitative estimate of drug-likeness (QED) is 0.456. The molecule has 8 nitrogen and oxygen atoms in total. The largest absolute Gasteiger partial charge is 0.477 e. The molecule has 0 amide bonds. The van der Waals surface area contributed by atoms with Gasteiger partial charge in [0.05, 0.1) is 17.5 Å². The van der Waals surface area contributed by atoms with Gasteiger partial charge in [0.15, 0.2) is 11.5 Å². The first-order valence-electron chi connectivity index (χ1n) is 9.39. The van der Waals surface area contributed by atoms with Crippen LogP contribution in [-0.2, 0) is 15.8 Å². The Labute approximate surface area is 177 Å². The summed E-state index contributed by atoms with van der Waals surface area (Å²) in [4.78, 5) is 20.6. The molecule has 0 spiro atoms. The highest BCUT2D eigenvalue weighted by atomic mass is 32.2. The smallest absolute Gasteiger partial charge is 0.352 e. The molecule has 5 rings (SSSR count). The van der Waals surface area contributed by atoms with Crippen molar-refractivity contribution in [2.24, 2.45) is 0 Å². The summed E-state index contributed by atoms with van der Waals surface area (Å²) >= 11 is 0. The first-order chi connectivity index (χ1) is 14.9. The molecule has 0 bridgehead atoms. The molecule has 31 heavy (non-hydrogen) atoms. The monoisotopic (exact) mass is 432 g/mol. The summed E-state index contributed by atoms with van der Waals surface area (Å²) in [5.41, 5.74) is 1.92. The third-order valence-electron chi connectivity index (χ3n) is 4.99. The van der Waals surface area contributed by atoms with Gasteiger partial charge in [0, 0.05) is 11.6 Å². The van der Waals surface area contributed by atoms with Crippen LogP contribution in [0.25, 0.3) is 27.9 Å². The van der Waals surface area contributed by atoms with Gasteiger partial charge in [-0.15, -0.1) is 0 Å². The lowest BCUT2D eigenvalue weighted by Gasteiger charge is -2.09. The van der Waals surface area contributed by atoms with Crippen molar-refractivity contribution in [3.8, 4) is 5.82 Å². The fourth-order valence-corrected chi connectivity index (χ4v) is 5.03. The summed E-state index contributed by atoms with van der Waals surface area (Å²) in [5.74, 6) is -0.975. The van der Waals surface area contributed by atoms with Gasteiger partial charge in [-0.3, -0.25) is 4.57 Å². The fourth-order valence-electron chi connectivity index (χ4n) is 3.62. The van der Waals surface area contributed by atoms with E-state index in [4.69, 9.17) is 0 Å². The Morgan fingerprint density at radius 2 is 1.74 bits per heavy atom. The maximum atomic E-state index is 12.9. The van der Waals surface area contributed by atoms with Crippen molar-refractivity contribution in [3.05, 3.63) is 90.4 Å². The molecule has 9 heteroatoms. The number of benzene rings is 2. The molecule has 1 N–H and O–H groups in total. The van der Waals surface area contributed by atoms with Crippen LogP contribution in [-0.4, -0.2) is 38.0 Å². The van der Waals surface area contributed by atoms with Gasteiger partial charge >= 0.3 is 5.97 Å². The zero-order valence-corrected chi connectivity index (χ0v) is 16.9. The topological polar surface area (TPSA) is 107 Å². The Kier molecular flexibility index (Phi) is 4.33. The second-order valence-corrected chi connectivity index (χ2v) is 8.87. The van der Waals surface area contributed by atoms with E-state index in [1.165, 1.54) is 17.0 Å². The van der Waals surface area contributed by atoms with Gasteiger partial charge in [-0.2, -0.15) is 0 Å². The summed E-state index contributed by atoms with van der Waals surface area (Å²) in [6.45, 7) is 0. The van der Waals surface area contributed by atoms with Crippen LogP contribution in [0.3, 0.4) is 0 Å². The lowest BCUT2D eigenvalue weighted by atomic mass is 10.2. The molecule has 0 saturated heterocycles. The number of para-hydroxylation sites is 1. The van der Waals surface area contributed by atoms with E-state index in [0.29, 0.717) is 22.4 Å². The van der Waals surface area contributed by atoms with Crippen molar-refractivity contribution in [3.63, 3.8) is 0 Å². The number of carboxylic acid groups (broad SMARTS) is 1. The minimum absolute atomic E-state index is 0.0472. The normalized spacial score (nSPS) is 11.9. The molecule has 0 aliphatic carbocycles. The number of aromatic nitrogens is 4. The maximum absolute atomic E-state index is 12.9. The van der Waals surface area contributed by atoms with Gasteiger partial charge < -0.3 is 5.11 Å². The van der Waals surface area contributed by atoms with Gasteiger partial charge in [-0.05, 0) is 23.8 Å². The molecule has 0 aliphatic rings.